The predicted molar refractivity (Wildman–Crippen MR) is 68.5 cm³/mol. The summed E-state index contributed by atoms with van der Waals surface area (Å²) in [5, 5.41) is 3.18. The summed E-state index contributed by atoms with van der Waals surface area (Å²) >= 11 is 1.80. The van der Waals surface area contributed by atoms with Gasteiger partial charge in [-0.2, -0.15) is 0 Å². The van der Waals surface area contributed by atoms with Gasteiger partial charge in [-0.05, 0) is 18.1 Å². The Morgan fingerprint density at radius 3 is 2.29 bits per heavy atom. The summed E-state index contributed by atoms with van der Waals surface area (Å²) in [7, 11) is 0. The van der Waals surface area contributed by atoms with Crippen molar-refractivity contribution in [2.75, 3.05) is 5.75 Å². The lowest BCUT2D eigenvalue weighted by molar-refractivity contribution is 0.659. The van der Waals surface area contributed by atoms with E-state index in [9.17, 15) is 0 Å². The molecule has 0 bridgehead atoms. The van der Waals surface area contributed by atoms with Crippen LogP contribution in [-0.4, -0.2) is 5.75 Å². The molecule has 0 spiro atoms. The molecule has 1 heteroatoms. The zero-order valence-corrected chi connectivity index (χ0v) is 10.6. The fourth-order valence-corrected chi connectivity index (χ4v) is 1.85. The normalized spacial score (nSPS) is 9.57. The van der Waals surface area contributed by atoms with Crippen LogP contribution in [-0.2, 0) is 0 Å². The molecule has 0 fully saturated rings. The molecule has 0 aromatic rings. The van der Waals surface area contributed by atoms with Crippen LogP contribution in [0, 0.1) is 11.2 Å². The van der Waals surface area contributed by atoms with E-state index in [-0.39, 0.29) is 0 Å². The fraction of sp³-hybridized carbons (Fsp3) is 0.846. The highest BCUT2D eigenvalue weighted by atomic mass is 32.2. The van der Waals surface area contributed by atoms with Crippen LogP contribution in [0.2, 0.25) is 0 Å². The van der Waals surface area contributed by atoms with Crippen LogP contribution in [0.3, 0.4) is 0 Å². The molecule has 0 aromatic heterocycles. The lowest BCUT2D eigenvalue weighted by Crippen LogP contribution is -1.79. The molecule has 0 radical (unpaired) electrons. The first kappa shape index (κ1) is 13.9. The van der Waals surface area contributed by atoms with E-state index in [1.807, 2.05) is 0 Å². The van der Waals surface area contributed by atoms with Crippen LogP contribution in [0.4, 0.5) is 0 Å². The number of thioether (sulfide) groups is 1. The van der Waals surface area contributed by atoms with Crippen LogP contribution in [0.15, 0.2) is 0 Å². The zero-order valence-electron chi connectivity index (χ0n) is 9.77. The molecule has 0 saturated carbocycles. The number of rotatable bonds is 8. The van der Waals surface area contributed by atoms with E-state index in [4.69, 9.17) is 0 Å². The van der Waals surface area contributed by atoms with Crippen molar-refractivity contribution in [1.29, 1.82) is 0 Å². The molecule has 0 heterocycles. The minimum absolute atomic E-state index is 1.08. The third kappa shape index (κ3) is 11.9. The second kappa shape index (κ2) is 12.9. The third-order valence-electron chi connectivity index (χ3n) is 2.15. The van der Waals surface area contributed by atoms with E-state index in [1.54, 1.807) is 11.8 Å². The Morgan fingerprint density at radius 2 is 1.57 bits per heavy atom. The van der Waals surface area contributed by atoms with Crippen molar-refractivity contribution < 1.29 is 0 Å². The van der Waals surface area contributed by atoms with Crippen molar-refractivity contribution in [3.63, 3.8) is 0 Å². The van der Waals surface area contributed by atoms with Gasteiger partial charge in [-0.1, -0.05) is 63.6 Å². The minimum atomic E-state index is 1.08. The highest BCUT2D eigenvalue weighted by Gasteiger charge is 1.87. The Balaban J connectivity index is 2.99. The van der Waals surface area contributed by atoms with Gasteiger partial charge in [-0.3, -0.25) is 0 Å². The summed E-state index contributed by atoms with van der Waals surface area (Å²) in [6.45, 7) is 4.47. The average molecular weight is 212 g/mol. The lowest BCUT2D eigenvalue weighted by Gasteiger charge is -1.96. The molecule has 0 rings (SSSR count). The van der Waals surface area contributed by atoms with Gasteiger partial charge in [0.1, 0.15) is 0 Å². The van der Waals surface area contributed by atoms with Crippen molar-refractivity contribution in [3.8, 4) is 11.2 Å². The van der Waals surface area contributed by atoms with Crippen LogP contribution in [0.1, 0.15) is 65.2 Å². The molecule has 0 nitrogen and oxygen atoms in total. The molecule has 82 valence electrons. The van der Waals surface area contributed by atoms with E-state index < -0.39 is 0 Å². The van der Waals surface area contributed by atoms with E-state index >= 15 is 0 Å². The largest absolute Gasteiger partial charge is 0.0913 e. The van der Waals surface area contributed by atoms with Gasteiger partial charge in [0.25, 0.3) is 0 Å². The van der Waals surface area contributed by atoms with Gasteiger partial charge in [0, 0.05) is 12.2 Å². The van der Waals surface area contributed by atoms with Crippen molar-refractivity contribution >= 4 is 11.8 Å². The highest BCUT2D eigenvalue weighted by Crippen LogP contribution is 2.07. The quantitative estimate of drug-likeness (QED) is 0.410. The summed E-state index contributed by atoms with van der Waals surface area (Å²) in [6.07, 6.45) is 10.5. The molecule has 0 aliphatic rings. The van der Waals surface area contributed by atoms with Gasteiger partial charge in [0.2, 0.25) is 0 Å². The van der Waals surface area contributed by atoms with Crippen molar-refractivity contribution in [2.45, 2.75) is 65.2 Å². The second-order valence-electron chi connectivity index (χ2n) is 3.65. The Labute approximate surface area is 94.2 Å². The van der Waals surface area contributed by atoms with Crippen LogP contribution >= 0.6 is 11.8 Å². The molecule has 0 amide bonds. The first-order valence-electron chi connectivity index (χ1n) is 6.01. The minimum Gasteiger partial charge on any atom is -0.0913 e. The molecule has 0 saturated heterocycles. The smallest absolute Gasteiger partial charge is 0.00975 e. The van der Waals surface area contributed by atoms with Gasteiger partial charge >= 0.3 is 0 Å². The van der Waals surface area contributed by atoms with Gasteiger partial charge in [0.05, 0.1) is 0 Å². The van der Waals surface area contributed by atoms with Crippen LogP contribution in [0.25, 0.3) is 0 Å². The summed E-state index contributed by atoms with van der Waals surface area (Å²) in [5.41, 5.74) is 0. The summed E-state index contributed by atoms with van der Waals surface area (Å²) in [6, 6.07) is 0. The Hall–Kier alpha value is -0.0900. The molecular formula is C13H24S. The van der Waals surface area contributed by atoms with Gasteiger partial charge < -0.3 is 0 Å². The Bertz CT molecular complexity index is 152. The second-order valence-corrected chi connectivity index (χ2v) is 4.55. The number of hydrogen-bond donors (Lipinski definition) is 0. The van der Waals surface area contributed by atoms with E-state index in [2.05, 4.69) is 25.0 Å². The third-order valence-corrected chi connectivity index (χ3v) is 2.93. The molecule has 14 heavy (non-hydrogen) atoms. The lowest BCUT2D eigenvalue weighted by atomic mass is 10.2. The molecule has 0 atom stereocenters. The number of unbranched alkanes of at least 4 members (excludes halogenated alkanes) is 6. The molecule has 0 aliphatic heterocycles. The van der Waals surface area contributed by atoms with Crippen molar-refractivity contribution in [3.05, 3.63) is 0 Å². The van der Waals surface area contributed by atoms with Gasteiger partial charge in [-0.25, -0.2) is 0 Å². The van der Waals surface area contributed by atoms with E-state index in [0.717, 1.165) is 6.42 Å². The maximum atomic E-state index is 3.20. The monoisotopic (exact) mass is 212 g/mol. The van der Waals surface area contributed by atoms with Crippen molar-refractivity contribution in [2.24, 2.45) is 0 Å². The SMILES string of the molecule is CCCCC#CSCCCCCCC. The maximum Gasteiger partial charge on any atom is 0.00975 e. The topological polar surface area (TPSA) is 0 Å². The van der Waals surface area contributed by atoms with E-state index in [1.165, 1.54) is 50.7 Å². The summed E-state index contributed by atoms with van der Waals surface area (Å²) in [5.74, 6) is 4.43. The summed E-state index contributed by atoms with van der Waals surface area (Å²) in [4.78, 5) is 0. The fourth-order valence-electron chi connectivity index (χ4n) is 1.20. The van der Waals surface area contributed by atoms with E-state index in [0.29, 0.717) is 0 Å². The molecule has 0 N–H and O–H groups in total. The Morgan fingerprint density at radius 1 is 0.857 bits per heavy atom. The van der Waals surface area contributed by atoms with Gasteiger partial charge in [0.15, 0.2) is 0 Å². The average Bonchev–Trinajstić information content (AvgIpc) is 2.21. The van der Waals surface area contributed by atoms with Crippen LogP contribution < -0.4 is 0 Å². The van der Waals surface area contributed by atoms with Crippen molar-refractivity contribution in [1.82, 2.24) is 0 Å². The first-order chi connectivity index (χ1) is 6.91. The maximum absolute atomic E-state index is 3.20. The highest BCUT2D eigenvalue weighted by molar-refractivity contribution is 8.03. The van der Waals surface area contributed by atoms with Crippen LogP contribution in [0.5, 0.6) is 0 Å². The number of hydrogen-bond acceptors (Lipinski definition) is 1. The summed E-state index contributed by atoms with van der Waals surface area (Å²) < 4.78 is 0. The molecule has 0 aromatic carbocycles. The Kier molecular flexibility index (Phi) is 12.8. The molecular weight excluding hydrogens is 188 g/mol. The first-order valence-corrected chi connectivity index (χ1v) is 7.00. The molecule has 0 unspecified atom stereocenters. The predicted octanol–water partition coefficient (Wildman–Crippen LogP) is 4.84. The molecule has 0 aliphatic carbocycles. The standard InChI is InChI=1S/C13H24S/c1-3-5-7-9-11-13-14-12-10-8-6-4-2/h3-9,11,13H2,1-2H3. The zero-order chi connectivity index (χ0) is 10.5. The van der Waals surface area contributed by atoms with Gasteiger partial charge in [-0.15, -0.1) is 0 Å².